The van der Waals surface area contributed by atoms with Crippen molar-refractivity contribution in [2.75, 3.05) is 6.54 Å². The molecule has 1 atom stereocenters. The van der Waals surface area contributed by atoms with Crippen LogP contribution in [0.5, 0.6) is 0 Å². The van der Waals surface area contributed by atoms with Crippen molar-refractivity contribution in [3.8, 4) is 0 Å². The normalized spacial score (nSPS) is 20.2. The molecule has 2 heterocycles. The second-order valence-corrected chi connectivity index (χ2v) is 8.68. The molecular formula is C24H29N3O2. The van der Waals surface area contributed by atoms with Gasteiger partial charge >= 0.3 is 0 Å². The van der Waals surface area contributed by atoms with Gasteiger partial charge in [0.05, 0.1) is 23.7 Å². The number of rotatable bonds is 5. The number of carbonyl (C=O) groups is 2. The van der Waals surface area contributed by atoms with Crippen LogP contribution in [0.3, 0.4) is 0 Å². The van der Waals surface area contributed by atoms with E-state index >= 15 is 0 Å². The van der Waals surface area contributed by atoms with Crippen LogP contribution in [-0.4, -0.2) is 33.8 Å². The van der Waals surface area contributed by atoms with Crippen LogP contribution in [-0.2, 0) is 11.3 Å². The van der Waals surface area contributed by atoms with E-state index in [1.807, 2.05) is 47.4 Å². The maximum atomic E-state index is 13.6. The van der Waals surface area contributed by atoms with Crippen LogP contribution in [0.15, 0.2) is 48.7 Å². The fourth-order valence-electron chi connectivity index (χ4n) is 5.08. The number of aromatic nitrogens is 1. The molecule has 1 aliphatic heterocycles. The van der Waals surface area contributed by atoms with Crippen LogP contribution < -0.4 is 5.32 Å². The van der Waals surface area contributed by atoms with Crippen molar-refractivity contribution in [1.82, 2.24) is 15.2 Å². The number of benzene rings is 1. The van der Waals surface area contributed by atoms with E-state index in [9.17, 15) is 9.59 Å². The monoisotopic (exact) mass is 391 g/mol. The van der Waals surface area contributed by atoms with Gasteiger partial charge in [0.25, 0.3) is 5.91 Å². The number of nitrogens with one attached hydrogen (secondary N) is 1. The highest BCUT2D eigenvalue weighted by atomic mass is 16.2. The summed E-state index contributed by atoms with van der Waals surface area (Å²) in [4.78, 5) is 33.3. The Kier molecular flexibility index (Phi) is 5.39. The van der Waals surface area contributed by atoms with Crippen molar-refractivity contribution < 1.29 is 9.59 Å². The number of nitrogens with zero attached hydrogens (tertiary/aromatic N) is 2. The summed E-state index contributed by atoms with van der Waals surface area (Å²) >= 11 is 0. The third-order valence-corrected chi connectivity index (χ3v) is 6.27. The molecule has 29 heavy (non-hydrogen) atoms. The minimum atomic E-state index is -0.427. The maximum absolute atomic E-state index is 13.6. The summed E-state index contributed by atoms with van der Waals surface area (Å²) in [6.07, 6.45) is 5.59. The van der Waals surface area contributed by atoms with Crippen LogP contribution in [0, 0.1) is 5.92 Å². The first-order valence-electron chi connectivity index (χ1n) is 10.6. The summed E-state index contributed by atoms with van der Waals surface area (Å²) in [6.45, 7) is 5.34. The van der Waals surface area contributed by atoms with E-state index in [1.165, 1.54) is 0 Å². The van der Waals surface area contributed by atoms with E-state index in [4.69, 9.17) is 0 Å². The zero-order valence-electron chi connectivity index (χ0n) is 17.2. The molecule has 2 aromatic rings. The summed E-state index contributed by atoms with van der Waals surface area (Å²) in [5.41, 5.74) is 1.95. The lowest BCUT2D eigenvalue weighted by Crippen LogP contribution is -2.61. The van der Waals surface area contributed by atoms with Crippen molar-refractivity contribution in [2.24, 2.45) is 5.92 Å². The van der Waals surface area contributed by atoms with Crippen LogP contribution in [0.1, 0.15) is 67.1 Å². The Balaban J connectivity index is 1.73. The lowest BCUT2D eigenvalue weighted by Gasteiger charge is -2.50. The van der Waals surface area contributed by atoms with Gasteiger partial charge in [0, 0.05) is 18.3 Å². The number of fused-ring (bicyclic) bond motifs is 1. The van der Waals surface area contributed by atoms with E-state index in [0.717, 1.165) is 36.9 Å². The molecule has 1 aliphatic carbocycles. The summed E-state index contributed by atoms with van der Waals surface area (Å²) in [6, 6.07) is 13.4. The summed E-state index contributed by atoms with van der Waals surface area (Å²) in [5.74, 6) is 0.0662. The van der Waals surface area contributed by atoms with Crippen molar-refractivity contribution in [3.63, 3.8) is 0 Å². The molecule has 0 saturated heterocycles. The minimum absolute atomic E-state index is 0.00809. The van der Waals surface area contributed by atoms with Crippen molar-refractivity contribution in [2.45, 2.75) is 57.5 Å². The standard InChI is InChI=1S/C24H29N3O2/c1-17(2)16-27-23(29)20-11-4-3-10-19(20)21(24(27)12-6-7-13-24)22(28)26-15-18-9-5-8-14-25-18/h3-5,8-11,14,17,21H,6-7,12-13,15-16H2,1-2H3,(H,26,28)/t21-/m1/s1. The lowest BCUT2D eigenvalue weighted by atomic mass is 9.70. The Morgan fingerprint density at radius 3 is 2.59 bits per heavy atom. The van der Waals surface area contributed by atoms with Crippen LogP contribution >= 0.6 is 0 Å². The summed E-state index contributed by atoms with van der Waals surface area (Å²) < 4.78 is 0. The van der Waals surface area contributed by atoms with Crippen molar-refractivity contribution in [1.29, 1.82) is 0 Å². The largest absolute Gasteiger partial charge is 0.350 e. The second-order valence-electron chi connectivity index (χ2n) is 8.68. The molecule has 1 saturated carbocycles. The quantitative estimate of drug-likeness (QED) is 0.841. The average molecular weight is 392 g/mol. The molecule has 5 heteroatoms. The van der Waals surface area contributed by atoms with Crippen LogP contribution in [0.25, 0.3) is 0 Å². The van der Waals surface area contributed by atoms with Gasteiger partial charge in [-0.15, -0.1) is 0 Å². The van der Waals surface area contributed by atoms with Crippen LogP contribution in [0.4, 0.5) is 0 Å². The molecule has 2 amide bonds. The molecule has 0 bridgehead atoms. The Bertz CT molecular complexity index is 888. The Morgan fingerprint density at radius 2 is 1.90 bits per heavy atom. The minimum Gasteiger partial charge on any atom is -0.350 e. The number of hydrogen-bond acceptors (Lipinski definition) is 3. The molecule has 152 valence electrons. The summed E-state index contributed by atoms with van der Waals surface area (Å²) in [7, 11) is 0. The predicted octanol–water partition coefficient (Wildman–Crippen LogP) is 3.91. The number of pyridine rings is 1. The SMILES string of the molecule is CC(C)CN1C(=O)c2ccccc2[C@H](C(=O)NCc2ccccn2)C12CCCC2. The topological polar surface area (TPSA) is 62.3 Å². The maximum Gasteiger partial charge on any atom is 0.254 e. The van der Waals surface area contributed by atoms with E-state index in [-0.39, 0.29) is 17.7 Å². The zero-order valence-corrected chi connectivity index (χ0v) is 17.2. The third-order valence-electron chi connectivity index (χ3n) is 6.27. The second kappa shape index (κ2) is 7.97. The van der Waals surface area contributed by atoms with Gasteiger partial charge in [-0.1, -0.05) is 51.0 Å². The molecule has 1 N–H and O–H groups in total. The number of amides is 2. The molecule has 5 nitrogen and oxygen atoms in total. The fraction of sp³-hybridized carbons (Fsp3) is 0.458. The first-order valence-corrected chi connectivity index (χ1v) is 10.6. The molecule has 2 aliphatic rings. The van der Waals surface area contributed by atoms with Gasteiger partial charge in [-0.3, -0.25) is 14.6 Å². The Morgan fingerprint density at radius 1 is 1.17 bits per heavy atom. The molecule has 4 rings (SSSR count). The van der Waals surface area contributed by atoms with Crippen LogP contribution in [0.2, 0.25) is 0 Å². The van der Waals surface area contributed by atoms with Crippen molar-refractivity contribution in [3.05, 3.63) is 65.5 Å². The first kappa shape index (κ1) is 19.6. The van der Waals surface area contributed by atoms with Crippen molar-refractivity contribution >= 4 is 11.8 Å². The van der Waals surface area contributed by atoms with Gasteiger partial charge in [-0.05, 0) is 42.5 Å². The predicted molar refractivity (Wildman–Crippen MR) is 112 cm³/mol. The molecular weight excluding hydrogens is 362 g/mol. The van der Waals surface area contributed by atoms with Gasteiger partial charge in [0.15, 0.2) is 0 Å². The number of carbonyl (C=O) groups excluding carboxylic acids is 2. The molecule has 0 radical (unpaired) electrons. The van der Waals surface area contributed by atoms with Gasteiger partial charge in [-0.2, -0.15) is 0 Å². The highest BCUT2D eigenvalue weighted by Gasteiger charge is 2.55. The fourth-order valence-corrected chi connectivity index (χ4v) is 5.08. The molecule has 1 aromatic carbocycles. The van der Waals surface area contributed by atoms with E-state index in [2.05, 4.69) is 24.1 Å². The third kappa shape index (κ3) is 3.54. The molecule has 1 aromatic heterocycles. The summed E-state index contributed by atoms with van der Waals surface area (Å²) in [5, 5.41) is 3.11. The Labute approximate surface area is 172 Å². The molecule has 1 fully saturated rings. The average Bonchev–Trinajstić information content (AvgIpc) is 3.20. The molecule has 1 spiro atoms. The highest BCUT2D eigenvalue weighted by molar-refractivity contribution is 6.02. The highest BCUT2D eigenvalue weighted by Crippen LogP contribution is 2.50. The van der Waals surface area contributed by atoms with Gasteiger partial charge in [0.1, 0.15) is 0 Å². The van der Waals surface area contributed by atoms with Gasteiger partial charge in [-0.25, -0.2) is 0 Å². The van der Waals surface area contributed by atoms with E-state index in [1.54, 1.807) is 6.20 Å². The van der Waals surface area contributed by atoms with E-state index in [0.29, 0.717) is 24.6 Å². The lowest BCUT2D eigenvalue weighted by molar-refractivity contribution is -0.126. The van der Waals surface area contributed by atoms with E-state index < -0.39 is 5.54 Å². The van der Waals surface area contributed by atoms with Gasteiger partial charge in [0.2, 0.25) is 5.91 Å². The van der Waals surface area contributed by atoms with Gasteiger partial charge < -0.3 is 10.2 Å². The first-order chi connectivity index (χ1) is 14.0. The smallest absolute Gasteiger partial charge is 0.254 e. The number of hydrogen-bond donors (Lipinski definition) is 1. The zero-order chi connectivity index (χ0) is 20.4. The Hall–Kier alpha value is -2.69. The molecule has 0 unspecified atom stereocenters.